The van der Waals surface area contributed by atoms with Gasteiger partial charge in [-0.2, -0.15) is 0 Å². The molecule has 0 radical (unpaired) electrons. The number of rotatable bonds is 8. The molecular formula is C11H26N2O. The molecular weight excluding hydrogens is 176 g/mol. The van der Waals surface area contributed by atoms with Crippen molar-refractivity contribution in [2.24, 2.45) is 0 Å². The lowest BCUT2D eigenvalue weighted by molar-refractivity contribution is 0.0567. The van der Waals surface area contributed by atoms with E-state index in [0.29, 0.717) is 12.1 Å². The summed E-state index contributed by atoms with van der Waals surface area (Å²) in [6.07, 6.45) is 1.53. The molecule has 0 saturated carbocycles. The summed E-state index contributed by atoms with van der Waals surface area (Å²) in [6, 6.07) is 0.623. The lowest BCUT2D eigenvalue weighted by atomic mass is 10.2. The minimum atomic E-state index is 0.344. The fourth-order valence-electron chi connectivity index (χ4n) is 1.23. The Labute approximate surface area is 88.8 Å². The molecule has 0 heterocycles. The molecule has 0 saturated heterocycles. The molecule has 0 aliphatic carbocycles. The van der Waals surface area contributed by atoms with Gasteiger partial charge in [0.05, 0.1) is 12.7 Å². The van der Waals surface area contributed by atoms with Crippen LogP contribution in [0.15, 0.2) is 0 Å². The van der Waals surface area contributed by atoms with E-state index in [0.717, 1.165) is 19.7 Å². The summed E-state index contributed by atoms with van der Waals surface area (Å²) >= 11 is 0. The van der Waals surface area contributed by atoms with Crippen molar-refractivity contribution < 1.29 is 4.74 Å². The van der Waals surface area contributed by atoms with Crippen molar-refractivity contribution in [1.29, 1.82) is 0 Å². The van der Waals surface area contributed by atoms with Crippen molar-refractivity contribution in [3.05, 3.63) is 0 Å². The van der Waals surface area contributed by atoms with Crippen LogP contribution in [0.4, 0.5) is 0 Å². The topological polar surface area (TPSA) is 24.5 Å². The highest BCUT2D eigenvalue weighted by Crippen LogP contribution is 2.00. The Hall–Kier alpha value is -0.120. The number of nitrogens with zero attached hydrogens (tertiary/aromatic N) is 1. The third kappa shape index (κ3) is 7.30. The minimum Gasteiger partial charge on any atom is -0.377 e. The second-order valence-corrected chi connectivity index (χ2v) is 4.14. The van der Waals surface area contributed by atoms with E-state index in [4.69, 9.17) is 4.74 Å². The highest BCUT2D eigenvalue weighted by Gasteiger charge is 2.07. The molecule has 0 aromatic carbocycles. The largest absolute Gasteiger partial charge is 0.377 e. The van der Waals surface area contributed by atoms with Gasteiger partial charge < -0.3 is 15.0 Å². The summed E-state index contributed by atoms with van der Waals surface area (Å²) in [4.78, 5) is 2.35. The van der Waals surface area contributed by atoms with Crippen molar-refractivity contribution in [3.8, 4) is 0 Å². The van der Waals surface area contributed by atoms with Crippen LogP contribution in [0.2, 0.25) is 0 Å². The van der Waals surface area contributed by atoms with Crippen LogP contribution in [0, 0.1) is 0 Å². The van der Waals surface area contributed by atoms with Gasteiger partial charge in [-0.3, -0.25) is 0 Å². The third-order valence-corrected chi connectivity index (χ3v) is 2.46. The first-order valence-corrected chi connectivity index (χ1v) is 5.54. The Morgan fingerprint density at radius 2 is 1.93 bits per heavy atom. The predicted octanol–water partition coefficient (Wildman–Crippen LogP) is 1.34. The molecule has 86 valence electrons. The zero-order valence-corrected chi connectivity index (χ0v) is 10.3. The Morgan fingerprint density at radius 3 is 2.43 bits per heavy atom. The summed E-state index contributed by atoms with van der Waals surface area (Å²) in [5, 5.41) is 3.17. The van der Waals surface area contributed by atoms with Crippen LogP contribution in [0.3, 0.4) is 0 Å². The molecule has 0 rings (SSSR count). The number of likely N-dealkylation sites (N-methyl/N-ethyl adjacent to an activating group) is 1. The quantitative estimate of drug-likeness (QED) is 0.643. The van der Waals surface area contributed by atoms with Crippen molar-refractivity contribution in [1.82, 2.24) is 10.2 Å². The van der Waals surface area contributed by atoms with Crippen LogP contribution in [0.1, 0.15) is 27.2 Å². The number of hydrogen-bond donors (Lipinski definition) is 1. The second-order valence-electron chi connectivity index (χ2n) is 4.14. The molecule has 0 fully saturated rings. The highest BCUT2D eigenvalue weighted by molar-refractivity contribution is 4.63. The molecule has 3 nitrogen and oxygen atoms in total. The first-order valence-electron chi connectivity index (χ1n) is 5.54. The minimum absolute atomic E-state index is 0.344. The summed E-state index contributed by atoms with van der Waals surface area (Å²) in [5.74, 6) is 0. The van der Waals surface area contributed by atoms with Gasteiger partial charge in [0.25, 0.3) is 0 Å². The molecule has 0 spiro atoms. The molecule has 0 aliphatic rings. The van der Waals surface area contributed by atoms with Gasteiger partial charge in [0.15, 0.2) is 0 Å². The van der Waals surface area contributed by atoms with Crippen molar-refractivity contribution in [2.45, 2.75) is 39.3 Å². The third-order valence-electron chi connectivity index (χ3n) is 2.46. The fourth-order valence-corrected chi connectivity index (χ4v) is 1.23. The first-order chi connectivity index (χ1) is 6.57. The molecule has 3 heteroatoms. The normalized spacial score (nSPS) is 13.9. The monoisotopic (exact) mass is 202 g/mol. The van der Waals surface area contributed by atoms with Gasteiger partial charge in [0.2, 0.25) is 0 Å². The molecule has 0 aromatic heterocycles. The molecule has 1 atom stereocenters. The maximum absolute atomic E-state index is 5.51. The van der Waals surface area contributed by atoms with E-state index >= 15 is 0 Å². The summed E-state index contributed by atoms with van der Waals surface area (Å²) in [7, 11) is 4.15. The van der Waals surface area contributed by atoms with E-state index in [2.05, 4.69) is 38.0 Å². The maximum Gasteiger partial charge on any atom is 0.0596 e. The van der Waals surface area contributed by atoms with Gasteiger partial charge in [-0.1, -0.05) is 0 Å². The average molecular weight is 202 g/mol. The molecule has 0 aliphatic heterocycles. The van der Waals surface area contributed by atoms with Crippen LogP contribution in [0.25, 0.3) is 0 Å². The van der Waals surface area contributed by atoms with Crippen molar-refractivity contribution in [2.75, 3.05) is 33.8 Å². The van der Waals surface area contributed by atoms with Crippen LogP contribution >= 0.6 is 0 Å². The molecule has 1 unspecified atom stereocenters. The Kier molecular flexibility index (Phi) is 8.14. The number of nitrogens with one attached hydrogen (secondary N) is 1. The Balaban J connectivity index is 3.46. The van der Waals surface area contributed by atoms with Gasteiger partial charge in [0, 0.05) is 12.6 Å². The highest BCUT2D eigenvalue weighted by atomic mass is 16.5. The maximum atomic E-state index is 5.51. The van der Waals surface area contributed by atoms with E-state index in [1.54, 1.807) is 0 Å². The van der Waals surface area contributed by atoms with E-state index < -0.39 is 0 Å². The molecule has 0 bridgehead atoms. The number of ether oxygens (including phenoxy) is 1. The standard InChI is InChI=1S/C11H26N2O/c1-10(2)14-9-8-13(5)11(3)6-7-12-4/h10-12H,6-9H2,1-5H3. The smallest absolute Gasteiger partial charge is 0.0596 e. The van der Waals surface area contributed by atoms with Gasteiger partial charge in [0.1, 0.15) is 0 Å². The number of hydrogen-bond acceptors (Lipinski definition) is 3. The lowest BCUT2D eigenvalue weighted by Gasteiger charge is -2.24. The van der Waals surface area contributed by atoms with E-state index in [-0.39, 0.29) is 0 Å². The van der Waals surface area contributed by atoms with E-state index in [1.807, 2.05) is 7.05 Å². The molecule has 0 aromatic rings. The zero-order chi connectivity index (χ0) is 11.0. The summed E-state index contributed by atoms with van der Waals surface area (Å²) < 4.78 is 5.51. The fraction of sp³-hybridized carbons (Fsp3) is 1.00. The predicted molar refractivity (Wildman–Crippen MR) is 61.7 cm³/mol. The van der Waals surface area contributed by atoms with Crippen molar-refractivity contribution in [3.63, 3.8) is 0 Å². The van der Waals surface area contributed by atoms with E-state index in [9.17, 15) is 0 Å². The average Bonchev–Trinajstić information content (AvgIpc) is 2.13. The Bertz CT molecular complexity index is 128. The van der Waals surface area contributed by atoms with E-state index in [1.165, 1.54) is 6.42 Å². The van der Waals surface area contributed by atoms with Gasteiger partial charge >= 0.3 is 0 Å². The Morgan fingerprint density at radius 1 is 1.29 bits per heavy atom. The summed E-state index contributed by atoms with van der Waals surface area (Å²) in [6.45, 7) is 9.33. The molecule has 0 amide bonds. The van der Waals surface area contributed by atoms with Crippen molar-refractivity contribution >= 4 is 0 Å². The lowest BCUT2D eigenvalue weighted by Crippen LogP contribution is -2.34. The van der Waals surface area contributed by atoms with Crippen LogP contribution in [0.5, 0.6) is 0 Å². The molecule has 1 N–H and O–H groups in total. The van der Waals surface area contributed by atoms with Gasteiger partial charge in [-0.25, -0.2) is 0 Å². The zero-order valence-electron chi connectivity index (χ0n) is 10.3. The van der Waals surface area contributed by atoms with Crippen LogP contribution < -0.4 is 5.32 Å². The van der Waals surface area contributed by atoms with Crippen LogP contribution in [-0.4, -0.2) is 50.8 Å². The first kappa shape index (κ1) is 13.9. The van der Waals surface area contributed by atoms with Crippen LogP contribution in [-0.2, 0) is 4.74 Å². The summed E-state index contributed by atoms with van der Waals surface area (Å²) in [5.41, 5.74) is 0. The second kappa shape index (κ2) is 8.21. The van der Waals surface area contributed by atoms with Gasteiger partial charge in [-0.05, 0) is 47.8 Å². The molecule has 14 heavy (non-hydrogen) atoms. The van der Waals surface area contributed by atoms with Gasteiger partial charge in [-0.15, -0.1) is 0 Å². The SMILES string of the molecule is CNCCC(C)N(C)CCOC(C)C.